The molecule has 0 spiro atoms. The lowest BCUT2D eigenvalue weighted by molar-refractivity contribution is 0.638. The van der Waals surface area contributed by atoms with Gasteiger partial charge in [0.05, 0.1) is 6.54 Å². The third kappa shape index (κ3) is 2.64. The van der Waals surface area contributed by atoms with Crippen LogP contribution in [0, 0.1) is 0 Å². The molecule has 5 heteroatoms. The van der Waals surface area contributed by atoms with Crippen LogP contribution >= 0.6 is 11.6 Å². The Labute approximate surface area is 112 Å². The van der Waals surface area contributed by atoms with Crippen molar-refractivity contribution < 1.29 is 0 Å². The van der Waals surface area contributed by atoms with Crippen LogP contribution in [0.5, 0.6) is 0 Å². The fourth-order valence-electron chi connectivity index (χ4n) is 1.84. The van der Waals surface area contributed by atoms with Gasteiger partial charge < -0.3 is 5.73 Å². The molecule has 1 aromatic carbocycles. The van der Waals surface area contributed by atoms with Crippen molar-refractivity contribution >= 4 is 17.3 Å². The van der Waals surface area contributed by atoms with Gasteiger partial charge in [-0.15, -0.1) is 0 Å². The Morgan fingerprint density at radius 2 is 2.06 bits per heavy atom. The average Bonchev–Trinajstić information content (AvgIpc) is 2.76. The van der Waals surface area contributed by atoms with Crippen LogP contribution < -0.4 is 5.73 Å². The normalized spacial score (nSPS) is 10.8. The van der Waals surface area contributed by atoms with Crippen LogP contribution in [0.1, 0.15) is 31.1 Å². The number of hydrogen-bond donors (Lipinski definition) is 1. The van der Waals surface area contributed by atoms with E-state index >= 15 is 0 Å². The lowest BCUT2D eigenvalue weighted by Crippen LogP contribution is -2.08. The summed E-state index contributed by atoms with van der Waals surface area (Å²) in [4.78, 5) is 4.47. The maximum Gasteiger partial charge on any atom is 0.150 e. The van der Waals surface area contributed by atoms with Gasteiger partial charge in [-0.3, -0.25) is 0 Å². The number of nitrogens with two attached hydrogens (primary N) is 1. The summed E-state index contributed by atoms with van der Waals surface area (Å²) in [5, 5.41) is 5.16. The molecule has 0 saturated carbocycles. The number of aryl methyl sites for hydroxylation is 2. The molecule has 0 radical (unpaired) electrons. The Bertz CT molecular complexity index is 548. The molecule has 0 saturated heterocycles. The summed E-state index contributed by atoms with van der Waals surface area (Å²) >= 11 is 5.99. The van der Waals surface area contributed by atoms with Crippen LogP contribution in [0.4, 0.5) is 5.69 Å². The van der Waals surface area contributed by atoms with Crippen LogP contribution in [-0.2, 0) is 19.4 Å². The minimum atomic E-state index is 0.614. The van der Waals surface area contributed by atoms with E-state index in [0.717, 1.165) is 35.7 Å². The molecule has 2 N–H and O–H groups in total. The maximum atomic E-state index is 5.99. The SMILES string of the molecule is CCc1nc(CC)n(Cc2cc(Cl)ccc2N)n1. The Kier molecular flexibility index (Phi) is 3.87. The molecule has 0 unspecified atom stereocenters. The first kappa shape index (κ1) is 12.9. The zero-order chi connectivity index (χ0) is 13.1. The highest BCUT2D eigenvalue weighted by Gasteiger charge is 2.09. The molecular formula is C13H17ClN4. The summed E-state index contributed by atoms with van der Waals surface area (Å²) in [7, 11) is 0. The van der Waals surface area contributed by atoms with Gasteiger partial charge in [-0.05, 0) is 23.8 Å². The summed E-state index contributed by atoms with van der Waals surface area (Å²) in [5.41, 5.74) is 7.66. The number of halogens is 1. The number of aromatic nitrogens is 3. The Morgan fingerprint density at radius 1 is 1.28 bits per heavy atom. The van der Waals surface area contributed by atoms with Gasteiger partial charge in [0.1, 0.15) is 5.82 Å². The number of nitrogen functional groups attached to an aromatic ring is 1. The van der Waals surface area contributed by atoms with Crippen LogP contribution in [0.3, 0.4) is 0 Å². The van der Waals surface area contributed by atoms with Gasteiger partial charge in [0, 0.05) is 23.6 Å². The fourth-order valence-corrected chi connectivity index (χ4v) is 2.03. The number of nitrogens with zero attached hydrogens (tertiary/aromatic N) is 3. The minimum Gasteiger partial charge on any atom is -0.398 e. The van der Waals surface area contributed by atoms with Crippen LogP contribution in [-0.4, -0.2) is 14.8 Å². The Balaban J connectivity index is 2.32. The van der Waals surface area contributed by atoms with Crippen LogP contribution in [0.2, 0.25) is 5.02 Å². The second-order valence-corrected chi connectivity index (χ2v) is 4.59. The smallest absolute Gasteiger partial charge is 0.150 e. The molecule has 0 atom stereocenters. The Hall–Kier alpha value is -1.55. The molecule has 2 rings (SSSR count). The second-order valence-electron chi connectivity index (χ2n) is 4.15. The van der Waals surface area contributed by atoms with E-state index in [2.05, 4.69) is 17.0 Å². The molecule has 4 nitrogen and oxygen atoms in total. The van der Waals surface area contributed by atoms with Crippen molar-refractivity contribution in [3.05, 3.63) is 40.4 Å². The predicted molar refractivity (Wildman–Crippen MR) is 73.7 cm³/mol. The highest BCUT2D eigenvalue weighted by Crippen LogP contribution is 2.19. The molecule has 1 aromatic heterocycles. The molecule has 0 aliphatic heterocycles. The molecule has 96 valence electrons. The molecule has 2 aromatic rings. The predicted octanol–water partition coefficient (Wildman–Crippen LogP) is 2.69. The zero-order valence-corrected chi connectivity index (χ0v) is 11.4. The van der Waals surface area contributed by atoms with Crippen molar-refractivity contribution in [3.8, 4) is 0 Å². The third-order valence-corrected chi connectivity index (χ3v) is 3.08. The van der Waals surface area contributed by atoms with Gasteiger partial charge in [-0.25, -0.2) is 9.67 Å². The quantitative estimate of drug-likeness (QED) is 0.864. The fraction of sp³-hybridized carbons (Fsp3) is 0.385. The highest BCUT2D eigenvalue weighted by molar-refractivity contribution is 6.30. The van der Waals surface area contributed by atoms with E-state index in [0.29, 0.717) is 11.6 Å². The maximum absolute atomic E-state index is 5.99. The zero-order valence-electron chi connectivity index (χ0n) is 10.7. The molecule has 0 amide bonds. The van der Waals surface area contributed by atoms with E-state index < -0.39 is 0 Å². The third-order valence-electron chi connectivity index (χ3n) is 2.85. The van der Waals surface area contributed by atoms with E-state index in [1.165, 1.54) is 0 Å². The number of anilines is 1. The largest absolute Gasteiger partial charge is 0.398 e. The molecule has 0 aliphatic rings. The van der Waals surface area contributed by atoms with Crippen molar-refractivity contribution in [2.24, 2.45) is 0 Å². The van der Waals surface area contributed by atoms with Gasteiger partial charge in [0.25, 0.3) is 0 Å². The Morgan fingerprint density at radius 3 is 2.72 bits per heavy atom. The lowest BCUT2D eigenvalue weighted by atomic mass is 10.2. The summed E-state index contributed by atoms with van der Waals surface area (Å²) in [6.45, 7) is 4.73. The van der Waals surface area contributed by atoms with Crippen molar-refractivity contribution in [1.82, 2.24) is 14.8 Å². The van der Waals surface area contributed by atoms with Crippen molar-refractivity contribution in [3.63, 3.8) is 0 Å². The number of rotatable bonds is 4. The standard InChI is InChI=1S/C13H17ClN4/c1-3-12-16-13(4-2)18(17-12)8-9-7-10(14)5-6-11(9)15/h5-7H,3-4,8,15H2,1-2H3. The topological polar surface area (TPSA) is 56.7 Å². The highest BCUT2D eigenvalue weighted by atomic mass is 35.5. The monoisotopic (exact) mass is 264 g/mol. The van der Waals surface area contributed by atoms with E-state index in [9.17, 15) is 0 Å². The first-order valence-corrected chi connectivity index (χ1v) is 6.48. The van der Waals surface area contributed by atoms with Gasteiger partial charge >= 0.3 is 0 Å². The van der Waals surface area contributed by atoms with E-state index in [-0.39, 0.29) is 0 Å². The van der Waals surface area contributed by atoms with Gasteiger partial charge in [0.2, 0.25) is 0 Å². The van der Waals surface area contributed by atoms with E-state index in [4.69, 9.17) is 17.3 Å². The van der Waals surface area contributed by atoms with Gasteiger partial charge in [-0.2, -0.15) is 5.10 Å². The van der Waals surface area contributed by atoms with E-state index in [1.807, 2.05) is 23.7 Å². The average molecular weight is 265 g/mol. The number of benzene rings is 1. The van der Waals surface area contributed by atoms with Crippen molar-refractivity contribution in [2.45, 2.75) is 33.2 Å². The number of hydrogen-bond acceptors (Lipinski definition) is 3. The summed E-state index contributed by atoms with van der Waals surface area (Å²) < 4.78 is 1.90. The first-order chi connectivity index (χ1) is 8.63. The summed E-state index contributed by atoms with van der Waals surface area (Å²) in [6.07, 6.45) is 1.69. The summed E-state index contributed by atoms with van der Waals surface area (Å²) in [6, 6.07) is 5.49. The minimum absolute atomic E-state index is 0.614. The van der Waals surface area contributed by atoms with Gasteiger partial charge in [-0.1, -0.05) is 25.4 Å². The van der Waals surface area contributed by atoms with Crippen LogP contribution in [0.25, 0.3) is 0 Å². The first-order valence-electron chi connectivity index (χ1n) is 6.10. The molecule has 1 heterocycles. The van der Waals surface area contributed by atoms with Crippen LogP contribution in [0.15, 0.2) is 18.2 Å². The molecule has 0 bridgehead atoms. The second kappa shape index (κ2) is 5.40. The lowest BCUT2D eigenvalue weighted by Gasteiger charge is -2.08. The molecular weight excluding hydrogens is 248 g/mol. The summed E-state index contributed by atoms with van der Waals surface area (Å²) in [5.74, 6) is 1.85. The van der Waals surface area contributed by atoms with Gasteiger partial charge in [0.15, 0.2) is 5.82 Å². The molecule has 0 fully saturated rings. The van der Waals surface area contributed by atoms with Crippen molar-refractivity contribution in [2.75, 3.05) is 5.73 Å². The van der Waals surface area contributed by atoms with E-state index in [1.54, 1.807) is 6.07 Å². The molecule has 0 aliphatic carbocycles. The van der Waals surface area contributed by atoms with Crippen molar-refractivity contribution in [1.29, 1.82) is 0 Å². The molecule has 18 heavy (non-hydrogen) atoms.